The van der Waals surface area contributed by atoms with Crippen LogP contribution in [0.15, 0.2) is 42.6 Å². The van der Waals surface area contributed by atoms with E-state index in [9.17, 15) is 9.59 Å². The Morgan fingerprint density at radius 1 is 1.06 bits per heavy atom. The molecule has 1 saturated heterocycles. The molecule has 1 aromatic heterocycles. The topological polar surface area (TPSA) is 104 Å². The number of fused-ring (bicyclic) bond motifs is 1. The SMILES string of the molecule is Cc1ccc(C(=O)NC2CC2)cc1-c1ccc2c(N3CCN(C(N)=O)CC3)nncc2c1. The number of hydrogen-bond donors (Lipinski definition) is 2. The zero-order valence-electron chi connectivity index (χ0n) is 18.0. The first kappa shape index (κ1) is 20.2. The van der Waals surface area contributed by atoms with Crippen molar-refractivity contribution in [3.63, 3.8) is 0 Å². The van der Waals surface area contributed by atoms with Crippen molar-refractivity contribution in [3.8, 4) is 11.1 Å². The van der Waals surface area contributed by atoms with E-state index in [4.69, 9.17) is 5.73 Å². The Labute approximate surface area is 186 Å². The molecule has 2 heterocycles. The molecule has 3 N–H and O–H groups in total. The van der Waals surface area contributed by atoms with Crippen molar-refractivity contribution in [1.29, 1.82) is 0 Å². The number of piperazine rings is 1. The minimum Gasteiger partial charge on any atom is -0.351 e. The van der Waals surface area contributed by atoms with E-state index < -0.39 is 0 Å². The lowest BCUT2D eigenvalue weighted by Crippen LogP contribution is -2.50. The molecule has 2 fully saturated rings. The van der Waals surface area contributed by atoms with Crippen LogP contribution in [0.4, 0.5) is 10.6 Å². The number of primary amides is 1. The molecule has 3 amide bonds. The maximum absolute atomic E-state index is 12.5. The Hall–Kier alpha value is -3.68. The van der Waals surface area contributed by atoms with Gasteiger partial charge in [-0.1, -0.05) is 12.1 Å². The fourth-order valence-corrected chi connectivity index (χ4v) is 4.18. The molecule has 0 atom stereocenters. The predicted molar refractivity (Wildman–Crippen MR) is 124 cm³/mol. The third kappa shape index (κ3) is 3.95. The number of urea groups is 1. The molecule has 0 spiro atoms. The molecular formula is C24H26N6O2. The van der Waals surface area contributed by atoms with Crippen molar-refractivity contribution in [2.75, 3.05) is 31.1 Å². The third-order valence-corrected chi connectivity index (χ3v) is 6.26. The van der Waals surface area contributed by atoms with Gasteiger partial charge in [-0.15, -0.1) is 5.10 Å². The van der Waals surface area contributed by atoms with Crippen molar-refractivity contribution in [2.45, 2.75) is 25.8 Å². The summed E-state index contributed by atoms with van der Waals surface area (Å²) in [5.41, 5.74) is 9.25. The highest BCUT2D eigenvalue weighted by Gasteiger charge is 2.24. The Kier molecular flexibility index (Phi) is 5.13. The molecule has 164 valence electrons. The molecule has 8 heteroatoms. The van der Waals surface area contributed by atoms with Crippen LogP contribution in [0.3, 0.4) is 0 Å². The highest BCUT2D eigenvalue weighted by atomic mass is 16.2. The Bertz CT molecular complexity index is 1200. The lowest BCUT2D eigenvalue weighted by Gasteiger charge is -2.34. The van der Waals surface area contributed by atoms with E-state index in [1.807, 2.05) is 18.2 Å². The van der Waals surface area contributed by atoms with Crippen LogP contribution >= 0.6 is 0 Å². The second-order valence-electron chi connectivity index (χ2n) is 8.56. The van der Waals surface area contributed by atoms with E-state index in [-0.39, 0.29) is 11.9 Å². The maximum Gasteiger partial charge on any atom is 0.314 e. The highest BCUT2D eigenvalue weighted by molar-refractivity contribution is 5.98. The summed E-state index contributed by atoms with van der Waals surface area (Å²) in [7, 11) is 0. The van der Waals surface area contributed by atoms with E-state index in [0.29, 0.717) is 37.8 Å². The fraction of sp³-hybridized carbons (Fsp3) is 0.333. The van der Waals surface area contributed by atoms with Crippen LogP contribution in [-0.4, -0.2) is 59.3 Å². The zero-order valence-corrected chi connectivity index (χ0v) is 18.0. The summed E-state index contributed by atoms with van der Waals surface area (Å²) < 4.78 is 0. The number of hydrogen-bond acceptors (Lipinski definition) is 5. The van der Waals surface area contributed by atoms with Gasteiger partial charge in [0, 0.05) is 48.6 Å². The van der Waals surface area contributed by atoms with Gasteiger partial charge in [0.2, 0.25) is 0 Å². The van der Waals surface area contributed by atoms with Gasteiger partial charge < -0.3 is 20.9 Å². The summed E-state index contributed by atoms with van der Waals surface area (Å²) in [6, 6.07) is 12.0. The second kappa shape index (κ2) is 8.11. The van der Waals surface area contributed by atoms with Crippen molar-refractivity contribution < 1.29 is 9.59 Å². The van der Waals surface area contributed by atoms with Crippen LogP contribution in [-0.2, 0) is 0 Å². The number of aryl methyl sites for hydroxylation is 1. The summed E-state index contributed by atoms with van der Waals surface area (Å²) in [5, 5.41) is 13.7. The minimum absolute atomic E-state index is 0.0159. The monoisotopic (exact) mass is 430 g/mol. The average molecular weight is 431 g/mol. The van der Waals surface area contributed by atoms with E-state index in [2.05, 4.69) is 45.5 Å². The zero-order chi connectivity index (χ0) is 22.2. The summed E-state index contributed by atoms with van der Waals surface area (Å²) >= 11 is 0. The molecule has 1 aliphatic carbocycles. The van der Waals surface area contributed by atoms with Gasteiger partial charge >= 0.3 is 6.03 Å². The van der Waals surface area contributed by atoms with Crippen molar-refractivity contribution in [3.05, 3.63) is 53.7 Å². The van der Waals surface area contributed by atoms with Gasteiger partial charge in [0.1, 0.15) is 0 Å². The molecule has 1 aliphatic heterocycles. The number of rotatable bonds is 4. The van der Waals surface area contributed by atoms with Crippen molar-refractivity contribution in [1.82, 2.24) is 20.4 Å². The molecule has 8 nitrogen and oxygen atoms in total. The summed E-state index contributed by atoms with van der Waals surface area (Å²) in [5.74, 6) is 0.797. The van der Waals surface area contributed by atoms with Crippen molar-refractivity contribution in [2.24, 2.45) is 5.73 Å². The van der Waals surface area contributed by atoms with E-state index in [1.165, 1.54) is 0 Å². The fourth-order valence-electron chi connectivity index (χ4n) is 4.18. The lowest BCUT2D eigenvalue weighted by atomic mass is 9.96. The third-order valence-electron chi connectivity index (χ3n) is 6.26. The molecule has 0 bridgehead atoms. The maximum atomic E-state index is 12.5. The predicted octanol–water partition coefficient (Wildman–Crippen LogP) is 2.70. The molecule has 3 aromatic rings. The number of carbonyl (C=O) groups excluding carboxylic acids is 2. The Balaban J connectivity index is 1.44. The van der Waals surface area contributed by atoms with Gasteiger partial charge in [0.25, 0.3) is 5.91 Å². The molecule has 32 heavy (non-hydrogen) atoms. The van der Waals surface area contributed by atoms with Gasteiger partial charge in [-0.3, -0.25) is 4.79 Å². The molecule has 2 aliphatic rings. The van der Waals surface area contributed by atoms with Gasteiger partial charge in [0.05, 0.1) is 6.20 Å². The smallest absolute Gasteiger partial charge is 0.314 e. The van der Waals surface area contributed by atoms with Crippen LogP contribution < -0.4 is 16.0 Å². The summed E-state index contributed by atoms with van der Waals surface area (Å²) in [6.07, 6.45) is 3.90. The summed E-state index contributed by atoms with van der Waals surface area (Å²) in [4.78, 5) is 27.7. The van der Waals surface area contributed by atoms with Crippen LogP contribution in [0.5, 0.6) is 0 Å². The number of aromatic nitrogens is 2. The summed E-state index contributed by atoms with van der Waals surface area (Å²) in [6.45, 7) is 4.52. The molecule has 2 aromatic carbocycles. The van der Waals surface area contributed by atoms with Gasteiger partial charge in [0.15, 0.2) is 5.82 Å². The highest BCUT2D eigenvalue weighted by Crippen LogP contribution is 2.31. The largest absolute Gasteiger partial charge is 0.351 e. The number of anilines is 1. The Morgan fingerprint density at radius 2 is 1.84 bits per heavy atom. The number of nitrogens with zero attached hydrogens (tertiary/aromatic N) is 4. The Morgan fingerprint density at radius 3 is 2.56 bits per heavy atom. The van der Waals surface area contributed by atoms with Crippen LogP contribution in [0.25, 0.3) is 21.9 Å². The number of benzene rings is 2. The molecular weight excluding hydrogens is 404 g/mol. The van der Waals surface area contributed by atoms with Gasteiger partial charge in [-0.05, 0) is 60.7 Å². The number of amides is 3. The first-order chi connectivity index (χ1) is 15.5. The normalized spacial score (nSPS) is 16.3. The van der Waals surface area contributed by atoms with Crippen molar-refractivity contribution >= 4 is 28.5 Å². The van der Waals surface area contributed by atoms with Crippen LogP contribution in [0.1, 0.15) is 28.8 Å². The molecule has 1 saturated carbocycles. The van der Waals surface area contributed by atoms with E-state index in [0.717, 1.165) is 46.1 Å². The standard InChI is InChI=1S/C24H26N6O2/c1-15-2-3-17(23(31)27-19-5-6-19)13-21(15)16-4-7-20-18(12-16)14-26-28-22(20)29-8-10-30(11-9-29)24(25)32/h2-4,7,12-14,19H,5-6,8-11H2,1H3,(H2,25,32)(H,27,31). The van der Waals surface area contributed by atoms with Gasteiger partial charge in [-0.2, -0.15) is 5.10 Å². The number of nitrogens with one attached hydrogen (secondary N) is 1. The first-order valence-corrected chi connectivity index (χ1v) is 11.0. The molecule has 5 rings (SSSR count). The quantitative estimate of drug-likeness (QED) is 0.662. The molecule has 0 radical (unpaired) electrons. The molecule has 0 unspecified atom stereocenters. The lowest BCUT2D eigenvalue weighted by molar-refractivity contribution is 0.0951. The second-order valence-corrected chi connectivity index (χ2v) is 8.56. The number of nitrogens with two attached hydrogens (primary N) is 1. The average Bonchev–Trinajstić information content (AvgIpc) is 3.62. The number of carbonyl (C=O) groups is 2. The van der Waals surface area contributed by atoms with Gasteiger partial charge in [-0.25, -0.2) is 4.79 Å². The first-order valence-electron chi connectivity index (χ1n) is 11.0. The van der Waals surface area contributed by atoms with Crippen LogP contribution in [0.2, 0.25) is 0 Å². The van der Waals surface area contributed by atoms with E-state index in [1.54, 1.807) is 11.1 Å². The minimum atomic E-state index is -0.387. The van der Waals surface area contributed by atoms with E-state index >= 15 is 0 Å². The van der Waals surface area contributed by atoms with Crippen LogP contribution in [0, 0.1) is 6.92 Å².